The van der Waals surface area contributed by atoms with Crippen LogP contribution in [0.3, 0.4) is 0 Å². The summed E-state index contributed by atoms with van der Waals surface area (Å²) < 4.78 is 0. The average Bonchev–Trinajstić information content (AvgIpc) is 2.61. The summed E-state index contributed by atoms with van der Waals surface area (Å²) in [7, 11) is 0. The molecule has 0 radical (unpaired) electrons. The van der Waals surface area contributed by atoms with E-state index in [1.165, 1.54) is 49.9 Å². The number of carbonyl (C=O) groups is 1. The van der Waals surface area contributed by atoms with Crippen molar-refractivity contribution in [2.75, 3.05) is 18.4 Å². The Kier molecular flexibility index (Phi) is 4.97. The van der Waals surface area contributed by atoms with Gasteiger partial charge in [-0.15, -0.1) is 0 Å². The molecule has 0 unspecified atom stereocenters. The largest absolute Gasteiger partial charge is 0.326 e. The number of benzene rings is 1. The fourth-order valence-corrected chi connectivity index (χ4v) is 2.70. The van der Waals surface area contributed by atoms with Crippen LogP contribution in [-0.4, -0.2) is 23.9 Å². The minimum Gasteiger partial charge on any atom is -0.326 e. The van der Waals surface area contributed by atoms with Gasteiger partial charge in [0.25, 0.3) is 0 Å². The zero-order valence-electron chi connectivity index (χ0n) is 12.0. The highest BCUT2D eigenvalue weighted by Gasteiger charge is 2.12. The summed E-state index contributed by atoms with van der Waals surface area (Å²) in [5.74, 6) is 0.000898. The molecular formula is C16H24N2O. The number of carbonyl (C=O) groups excluding carboxylic acids is 1. The molecule has 1 saturated heterocycles. The molecule has 1 amide bonds. The van der Waals surface area contributed by atoms with Crippen LogP contribution in [0.5, 0.6) is 0 Å². The van der Waals surface area contributed by atoms with E-state index in [0.717, 1.165) is 12.2 Å². The van der Waals surface area contributed by atoms with Crippen LogP contribution in [0.25, 0.3) is 0 Å². The molecule has 1 aliphatic heterocycles. The van der Waals surface area contributed by atoms with Crippen LogP contribution in [0.2, 0.25) is 0 Å². The minimum absolute atomic E-state index is 0.000898. The molecule has 1 aromatic carbocycles. The van der Waals surface area contributed by atoms with Crippen molar-refractivity contribution < 1.29 is 4.79 Å². The SMILES string of the molecule is CC(=O)Nc1ccc(C)cc1CN1CCCCCC1. The highest BCUT2D eigenvalue weighted by atomic mass is 16.1. The summed E-state index contributed by atoms with van der Waals surface area (Å²) in [5, 5.41) is 2.94. The quantitative estimate of drug-likeness (QED) is 0.904. The number of nitrogens with zero attached hydrogens (tertiary/aromatic N) is 1. The first-order chi connectivity index (χ1) is 9.15. The molecule has 1 heterocycles. The van der Waals surface area contributed by atoms with Gasteiger partial charge in [0, 0.05) is 19.2 Å². The van der Waals surface area contributed by atoms with E-state index in [1.54, 1.807) is 6.92 Å². The van der Waals surface area contributed by atoms with Crippen molar-refractivity contribution in [1.82, 2.24) is 4.90 Å². The molecule has 3 heteroatoms. The zero-order chi connectivity index (χ0) is 13.7. The van der Waals surface area contributed by atoms with Crippen LogP contribution in [0.4, 0.5) is 5.69 Å². The maximum atomic E-state index is 11.3. The van der Waals surface area contributed by atoms with Gasteiger partial charge in [-0.1, -0.05) is 30.5 Å². The van der Waals surface area contributed by atoms with Crippen molar-refractivity contribution >= 4 is 11.6 Å². The number of amides is 1. The fourth-order valence-electron chi connectivity index (χ4n) is 2.70. The highest BCUT2D eigenvalue weighted by Crippen LogP contribution is 2.21. The lowest BCUT2D eigenvalue weighted by atomic mass is 10.1. The van der Waals surface area contributed by atoms with Crippen molar-refractivity contribution in [1.29, 1.82) is 0 Å². The second-order valence-corrected chi connectivity index (χ2v) is 5.53. The monoisotopic (exact) mass is 260 g/mol. The number of anilines is 1. The summed E-state index contributed by atoms with van der Waals surface area (Å²) >= 11 is 0. The lowest BCUT2D eigenvalue weighted by Gasteiger charge is -2.22. The number of hydrogen-bond acceptors (Lipinski definition) is 2. The molecule has 1 N–H and O–H groups in total. The first-order valence-corrected chi connectivity index (χ1v) is 7.24. The maximum absolute atomic E-state index is 11.3. The van der Waals surface area contributed by atoms with E-state index < -0.39 is 0 Å². The molecule has 0 atom stereocenters. The van der Waals surface area contributed by atoms with Crippen molar-refractivity contribution in [3.63, 3.8) is 0 Å². The van der Waals surface area contributed by atoms with Gasteiger partial charge in [-0.05, 0) is 44.5 Å². The van der Waals surface area contributed by atoms with E-state index in [1.807, 2.05) is 6.07 Å². The van der Waals surface area contributed by atoms with Crippen LogP contribution in [-0.2, 0) is 11.3 Å². The first-order valence-electron chi connectivity index (χ1n) is 7.24. The Balaban J connectivity index is 2.12. The van der Waals surface area contributed by atoms with Gasteiger partial charge in [0.05, 0.1) is 0 Å². The third kappa shape index (κ3) is 4.35. The second-order valence-electron chi connectivity index (χ2n) is 5.53. The zero-order valence-corrected chi connectivity index (χ0v) is 12.0. The first kappa shape index (κ1) is 14.1. The van der Waals surface area contributed by atoms with Gasteiger partial charge < -0.3 is 5.32 Å². The van der Waals surface area contributed by atoms with Gasteiger partial charge in [0.2, 0.25) is 5.91 Å². The van der Waals surface area contributed by atoms with Crippen LogP contribution >= 0.6 is 0 Å². The van der Waals surface area contributed by atoms with Crippen LogP contribution in [0.15, 0.2) is 18.2 Å². The Morgan fingerprint density at radius 1 is 1.21 bits per heavy atom. The normalized spacial score (nSPS) is 16.9. The molecule has 1 aliphatic rings. The van der Waals surface area contributed by atoms with Crippen molar-refractivity contribution in [3.05, 3.63) is 29.3 Å². The Morgan fingerprint density at radius 3 is 2.53 bits per heavy atom. The predicted octanol–water partition coefficient (Wildman–Crippen LogP) is 3.33. The van der Waals surface area contributed by atoms with Gasteiger partial charge in [0.1, 0.15) is 0 Å². The van der Waals surface area contributed by atoms with Gasteiger partial charge in [-0.2, -0.15) is 0 Å². The molecule has 0 aliphatic carbocycles. The number of likely N-dealkylation sites (tertiary alicyclic amines) is 1. The Labute approximate surface area is 116 Å². The molecule has 104 valence electrons. The Hall–Kier alpha value is -1.35. The van der Waals surface area contributed by atoms with E-state index in [4.69, 9.17) is 0 Å². The summed E-state index contributed by atoms with van der Waals surface area (Å²) in [5.41, 5.74) is 3.44. The van der Waals surface area contributed by atoms with Crippen molar-refractivity contribution in [3.8, 4) is 0 Å². The molecule has 0 saturated carbocycles. The summed E-state index contributed by atoms with van der Waals surface area (Å²) in [4.78, 5) is 13.8. The summed E-state index contributed by atoms with van der Waals surface area (Å²) in [6, 6.07) is 6.26. The van der Waals surface area contributed by atoms with Crippen molar-refractivity contribution in [2.45, 2.75) is 46.1 Å². The van der Waals surface area contributed by atoms with Crippen LogP contribution in [0, 0.1) is 6.92 Å². The number of hydrogen-bond donors (Lipinski definition) is 1. The lowest BCUT2D eigenvalue weighted by Crippen LogP contribution is -2.24. The maximum Gasteiger partial charge on any atom is 0.221 e. The summed E-state index contributed by atoms with van der Waals surface area (Å²) in [6.45, 7) is 6.96. The van der Waals surface area contributed by atoms with Crippen LogP contribution < -0.4 is 5.32 Å². The smallest absolute Gasteiger partial charge is 0.221 e. The summed E-state index contributed by atoms with van der Waals surface area (Å²) in [6.07, 6.45) is 5.29. The predicted molar refractivity (Wildman–Crippen MR) is 79.2 cm³/mol. The molecule has 2 rings (SSSR count). The van der Waals surface area contributed by atoms with Crippen LogP contribution in [0.1, 0.15) is 43.7 Å². The third-order valence-electron chi connectivity index (χ3n) is 3.66. The Bertz CT molecular complexity index is 434. The molecule has 1 fully saturated rings. The molecule has 0 aromatic heterocycles. The number of nitrogens with one attached hydrogen (secondary N) is 1. The molecular weight excluding hydrogens is 236 g/mol. The topological polar surface area (TPSA) is 32.3 Å². The van der Waals surface area contributed by atoms with E-state index >= 15 is 0 Å². The van der Waals surface area contributed by atoms with Gasteiger partial charge in [-0.25, -0.2) is 0 Å². The number of rotatable bonds is 3. The average molecular weight is 260 g/mol. The van der Waals surface area contributed by atoms with Gasteiger partial charge in [0.15, 0.2) is 0 Å². The molecule has 3 nitrogen and oxygen atoms in total. The van der Waals surface area contributed by atoms with E-state index in [-0.39, 0.29) is 5.91 Å². The van der Waals surface area contributed by atoms with E-state index in [9.17, 15) is 4.79 Å². The Morgan fingerprint density at radius 2 is 1.89 bits per heavy atom. The fraction of sp³-hybridized carbons (Fsp3) is 0.562. The van der Waals surface area contributed by atoms with E-state index in [2.05, 4.69) is 29.3 Å². The highest BCUT2D eigenvalue weighted by molar-refractivity contribution is 5.89. The molecule has 0 bridgehead atoms. The third-order valence-corrected chi connectivity index (χ3v) is 3.66. The van der Waals surface area contributed by atoms with Gasteiger partial charge >= 0.3 is 0 Å². The lowest BCUT2D eigenvalue weighted by molar-refractivity contribution is -0.114. The molecule has 0 spiro atoms. The minimum atomic E-state index is 0.000898. The van der Waals surface area contributed by atoms with Gasteiger partial charge in [-0.3, -0.25) is 9.69 Å². The second kappa shape index (κ2) is 6.71. The van der Waals surface area contributed by atoms with Crippen molar-refractivity contribution in [2.24, 2.45) is 0 Å². The standard InChI is InChI=1S/C16H24N2O/c1-13-7-8-16(17-14(2)19)15(11-13)12-18-9-5-3-4-6-10-18/h7-8,11H,3-6,9-10,12H2,1-2H3,(H,17,19). The molecule has 1 aromatic rings. The number of aryl methyl sites for hydroxylation is 1. The molecule has 19 heavy (non-hydrogen) atoms. The van der Waals surface area contributed by atoms with E-state index in [0.29, 0.717) is 0 Å².